The average Bonchev–Trinajstić information content (AvgIpc) is 2.79. The number of halogens is 1. The van der Waals surface area contributed by atoms with Crippen molar-refractivity contribution >= 4 is 11.6 Å². The van der Waals surface area contributed by atoms with E-state index >= 15 is 0 Å². The fourth-order valence-electron chi connectivity index (χ4n) is 1.78. The fraction of sp³-hybridized carbons (Fsp3) is 0.500. The molecule has 1 aliphatic rings. The van der Waals surface area contributed by atoms with Crippen LogP contribution in [-0.4, -0.2) is 26.4 Å². The van der Waals surface area contributed by atoms with Gasteiger partial charge in [-0.2, -0.15) is 0 Å². The van der Waals surface area contributed by atoms with Crippen molar-refractivity contribution in [1.29, 1.82) is 0 Å². The Balaban J connectivity index is 1.91. The summed E-state index contributed by atoms with van der Waals surface area (Å²) in [5, 5.41) is 4.10. The molecular formula is C12H16ClNO2. The highest BCUT2D eigenvalue weighted by molar-refractivity contribution is 6.32. The van der Waals surface area contributed by atoms with Crippen molar-refractivity contribution in [3.63, 3.8) is 0 Å². The van der Waals surface area contributed by atoms with Gasteiger partial charge in [0, 0.05) is 19.2 Å². The second-order valence-electron chi connectivity index (χ2n) is 3.91. The van der Waals surface area contributed by atoms with Crippen molar-refractivity contribution in [3.05, 3.63) is 28.8 Å². The monoisotopic (exact) mass is 241 g/mol. The highest BCUT2D eigenvalue weighted by Crippen LogP contribution is 2.24. The molecule has 4 heteroatoms. The minimum Gasteiger partial charge on any atom is -0.495 e. The number of hydrogen-bond acceptors (Lipinski definition) is 3. The minimum absolute atomic E-state index is 0.473. The van der Waals surface area contributed by atoms with Gasteiger partial charge >= 0.3 is 0 Å². The van der Waals surface area contributed by atoms with Gasteiger partial charge in [-0.1, -0.05) is 17.7 Å². The third-order valence-corrected chi connectivity index (χ3v) is 3.04. The van der Waals surface area contributed by atoms with Gasteiger partial charge < -0.3 is 14.8 Å². The van der Waals surface area contributed by atoms with Gasteiger partial charge in [0.05, 0.1) is 18.7 Å². The van der Waals surface area contributed by atoms with Crippen LogP contribution in [0.1, 0.15) is 12.0 Å². The molecule has 0 bridgehead atoms. The highest BCUT2D eigenvalue weighted by atomic mass is 35.5. The lowest BCUT2D eigenvalue weighted by atomic mass is 10.2. The van der Waals surface area contributed by atoms with E-state index in [9.17, 15) is 0 Å². The summed E-state index contributed by atoms with van der Waals surface area (Å²) < 4.78 is 10.4. The van der Waals surface area contributed by atoms with Gasteiger partial charge in [0.15, 0.2) is 0 Å². The van der Waals surface area contributed by atoms with Gasteiger partial charge in [0.1, 0.15) is 5.75 Å². The van der Waals surface area contributed by atoms with E-state index in [0.717, 1.165) is 37.5 Å². The van der Waals surface area contributed by atoms with E-state index in [1.807, 2.05) is 18.2 Å². The lowest BCUT2D eigenvalue weighted by molar-refractivity contribution is 0.190. The smallest absolute Gasteiger partial charge is 0.137 e. The fourth-order valence-corrected chi connectivity index (χ4v) is 2.06. The number of nitrogens with one attached hydrogen (secondary N) is 1. The van der Waals surface area contributed by atoms with E-state index in [1.54, 1.807) is 7.11 Å². The lowest BCUT2D eigenvalue weighted by Crippen LogP contribution is -2.28. The Morgan fingerprint density at radius 1 is 1.56 bits per heavy atom. The van der Waals surface area contributed by atoms with Crippen LogP contribution < -0.4 is 10.1 Å². The Morgan fingerprint density at radius 3 is 3.06 bits per heavy atom. The third kappa shape index (κ3) is 2.88. The molecule has 2 rings (SSSR count). The second kappa shape index (κ2) is 5.53. The molecule has 0 saturated carbocycles. The summed E-state index contributed by atoms with van der Waals surface area (Å²) in [6.07, 6.45) is 1.09. The Labute approximate surface area is 101 Å². The van der Waals surface area contributed by atoms with E-state index in [2.05, 4.69) is 5.32 Å². The van der Waals surface area contributed by atoms with Gasteiger partial charge in [0.25, 0.3) is 0 Å². The van der Waals surface area contributed by atoms with E-state index in [-0.39, 0.29) is 0 Å². The number of rotatable bonds is 4. The van der Waals surface area contributed by atoms with E-state index < -0.39 is 0 Å². The first kappa shape index (κ1) is 11.7. The molecule has 0 aliphatic carbocycles. The van der Waals surface area contributed by atoms with Crippen LogP contribution in [0.3, 0.4) is 0 Å². The summed E-state index contributed by atoms with van der Waals surface area (Å²) in [5.74, 6) is 0.717. The molecule has 88 valence electrons. The molecule has 1 heterocycles. The third-order valence-electron chi connectivity index (χ3n) is 2.74. The number of benzene rings is 1. The first-order valence-corrected chi connectivity index (χ1v) is 5.81. The SMILES string of the molecule is COc1ccc(CNC2CCOC2)cc1Cl. The molecule has 0 aromatic heterocycles. The summed E-state index contributed by atoms with van der Waals surface area (Å²) in [7, 11) is 1.62. The second-order valence-corrected chi connectivity index (χ2v) is 4.32. The lowest BCUT2D eigenvalue weighted by Gasteiger charge is -2.11. The molecule has 0 radical (unpaired) electrons. The predicted octanol–water partition coefficient (Wildman–Crippen LogP) is 2.23. The van der Waals surface area contributed by atoms with Crippen LogP contribution in [0.15, 0.2) is 18.2 Å². The Morgan fingerprint density at radius 2 is 2.44 bits per heavy atom. The van der Waals surface area contributed by atoms with Gasteiger partial charge in [-0.15, -0.1) is 0 Å². The molecule has 1 aliphatic heterocycles. The van der Waals surface area contributed by atoms with Crippen molar-refractivity contribution in [1.82, 2.24) is 5.32 Å². The van der Waals surface area contributed by atoms with Gasteiger partial charge in [0.2, 0.25) is 0 Å². The van der Waals surface area contributed by atoms with Crippen LogP contribution in [0.2, 0.25) is 5.02 Å². The average molecular weight is 242 g/mol. The standard InChI is InChI=1S/C12H16ClNO2/c1-15-12-3-2-9(6-11(12)13)7-14-10-4-5-16-8-10/h2-3,6,10,14H,4-5,7-8H2,1H3. The minimum atomic E-state index is 0.473. The van der Waals surface area contributed by atoms with Crippen LogP contribution in [-0.2, 0) is 11.3 Å². The molecule has 1 N–H and O–H groups in total. The molecule has 1 unspecified atom stereocenters. The molecule has 3 nitrogen and oxygen atoms in total. The van der Waals surface area contributed by atoms with Gasteiger partial charge in [-0.3, -0.25) is 0 Å². The maximum absolute atomic E-state index is 6.05. The largest absolute Gasteiger partial charge is 0.495 e. The summed E-state index contributed by atoms with van der Waals surface area (Å²) in [6.45, 7) is 2.49. The summed E-state index contributed by atoms with van der Waals surface area (Å²) in [4.78, 5) is 0. The molecule has 0 spiro atoms. The number of methoxy groups -OCH3 is 1. The normalized spacial score (nSPS) is 20.0. The molecule has 0 amide bonds. The summed E-state index contributed by atoms with van der Waals surface area (Å²) >= 11 is 6.05. The Hall–Kier alpha value is -0.770. The Kier molecular flexibility index (Phi) is 4.04. The quantitative estimate of drug-likeness (QED) is 0.877. The van der Waals surface area contributed by atoms with Crippen molar-refractivity contribution < 1.29 is 9.47 Å². The number of hydrogen-bond donors (Lipinski definition) is 1. The van der Waals surface area contributed by atoms with Crippen molar-refractivity contribution in [2.45, 2.75) is 19.0 Å². The van der Waals surface area contributed by atoms with E-state index in [4.69, 9.17) is 21.1 Å². The van der Waals surface area contributed by atoms with Crippen LogP contribution in [0.25, 0.3) is 0 Å². The highest BCUT2D eigenvalue weighted by Gasteiger charge is 2.14. The maximum atomic E-state index is 6.05. The van der Waals surface area contributed by atoms with Crippen LogP contribution in [0, 0.1) is 0 Å². The molecule has 1 saturated heterocycles. The van der Waals surface area contributed by atoms with Crippen LogP contribution in [0.4, 0.5) is 0 Å². The van der Waals surface area contributed by atoms with Crippen molar-refractivity contribution in [2.75, 3.05) is 20.3 Å². The molecule has 1 aromatic rings. The first-order chi connectivity index (χ1) is 7.79. The molecular weight excluding hydrogens is 226 g/mol. The summed E-state index contributed by atoms with van der Waals surface area (Å²) in [6, 6.07) is 6.32. The molecule has 1 fully saturated rings. The van der Waals surface area contributed by atoms with E-state index in [1.165, 1.54) is 0 Å². The zero-order valence-corrected chi connectivity index (χ0v) is 10.1. The molecule has 16 heavy (non-hydrogen) atoms. The van der Waals surface area contributed by atoms with Crippen LogP contribution >= 0.6 is 11.6 Å². The Bertz CT molecular complexity index is 351. The maximum Gasteiger partial charge on any atom is 0.137 e. The zero-order chi connectivity index (χ0) is 11.4. The van der Waals surface area contributed by atoms with Crippen LogP contribution in [0.5, 0.6) is 5.75 Å². The first-order valence-electron chi connectivity index (χ1n) is 5.43. The van der Waals surface area contributed by atoms with E-state index in [0.29, 0.717) is 11.1 Å². The molecule has 1 atom stereocenters. The zero-order valence-electron chi connectivity index (χ0n) is 9.33. The van der Waals surface area contributed by atoms with Gasteiger partial charge in [-0.05, 0) is 24.1 Å². The van der Waals surface area contributed by atoms with Crippen molar-refractivity contribution in [2.24, 2.45) is 0 Å². The van der Waals surface area contributed by atoms with Crippen molar-refractivity contribution in [3.8, 4) is 5.75 Å². The topological polar surface area (TPSA) is 30.5 Å². The molecule has 1 aromatic carbocycles. The summed E-state index contributed by atoms with van der Waals surface area (Å²) in [5.41, 5.74) is 1.16. The number of ether oxygens (including phenoxy) is 2. The van der Waals surface area contributed by atoms with Gasteiger partial charge in [-0.25, -0.2) is 0 Å². The predicted molar refractivity (Wildman–Crippen MR) is 64.1 cm³/mol.